The van der Waals surface area contributed by atoms with Crippen molar-refractivity contribution >= 4 is 21.6 Å². The molecule has 17 heavy (non-hydrogen) atoms. The van der Waals surface area contributed by atoms with Crippen molar-refractivity contribution in [2.45, 2.75) is 26.8 Å². The van der Waals surface area contributed by atoms with E-state index in [0.29, 0.717) is 0 Å². The molecule has 0 saturated carbocycles. The van der Waals surface area contributed by atoms with Gasteiger partial charge in [0, 0.05) is 23.6 Å². The first kappa shape index (κ1) is 12.9. The van der Waals surface area contributed by atoms with Crippen LogP contribution in [0.15, 0.2) is 22.7 Å². The third kappa shape index (κ3) is 2.66. The van der Waals surface area contributed by atoms with E-state index in [1.165, 1.54) is 11.3 Å². The molecule has 1 aliphatic rings. The molecule has 1 fully saturated rings. The second kappa shape index (κ2) is 4.99. The van der Waals surface area contributed by atoms with Crippen molar-refractivity contribution in [3.8, 4) is 0 Å². The van der Waals surface area contributed by atoms with Gasteiger partial charge in [-0.15, -0.1) is 0 Å². The van der Waals surface area contributed by atoms with Crippen molar-refractivity contribution in [3.63, 3.8) is 0 Å². The van der Waals surface area contributed by atoms with Crippen molar-refractivity contribution in [1.29, 1.82) is 0 Å². The van der Waals surface area contributed by atoms with Gasteiger partial charge in [0.15, 0.2) is 0 Å². The van der Waals surface area contributed by atoms with Crippen molar-refractivity contribution < 1.29 is 0 Å². The van der Waals surface area contributed by atoms with Gasteiger partial charge in [0.25, 0.3) is 0 Å². The van der Waals surface area contributed by atoms with Crippen LogP contribution in [-0.2, 0) is 0 Å². The van der Waals surface area contributed by atoms with Gasteiger partial charge in [0.05, 0.1) is 5.69 Å². The van der Waals surface area contributed by atoms with E-state index in [4.69, 9.17) is 5.73 Å². The summed E-state index contributed by atoms with van der Waals surface area (Å²) in [5, 5.41) is 0. The minimum Gasteiger partial charge on any atom is -0.370 e. The normalized spacial score (nSPS) is 26.3. The van der Waals surface area contributed by atoms with Crippen molar-refractivity contribution in [1.82, 2.24) is 0 Å². The Balaban J connectivity index is 2.23. The standard InChI is InChI=1S/C14H21BrN2/c1-9-7-17(8-10(9)2)14-5-4-12(11(3)16)6-13(14)15/h4-6,9-11H,7-8,16H2,1-3H3/t9?,10?,11-/m1/s1. The first-order valence-electron chi connectivity index (χ1n) is 6.29. The average molecular weight is 297 g/mol. The van der Waals surface area contributed by atoms with Crippen LogP contribution in [0.2, 0.25) is 0 Å². The topological polar surface area (TPSA) is 29.3 Å². The molecule has 2 nitrogen and oxygen atoms in total. The molecule has 0 aromatic heterocycles. The molecule has 1 aromatic rings. The van der Waals surface area contributed by atoms with E-state index in [0.717, 1.165) is 29.4 Å². The van der Waals surface area contributed by atoms with E-state index < -0.39 is 0 Å². The molecule has 3 atom stereocenters. The maximum atomic E-state index is 5.90. The Morgan fingerprint density at radius 3 is 2.35 bits per heavy atom. The molecule has 1 aliphatic heterocycles. The van der Waals surface area contributed by atoms with Crippen molar-refractivity contribution in [3.05, 3.63) is 28.2 Å². The molecule has 2 unspecified atom stereocenters. The number of anilines is 1. The molecule has 94 valence electrons. The Kier molecular flexibility index (Phi) is 3.79. The molecule has 0 radical (unpaired) electrons. The van der Waals surface area contributed by atoms with E-state index >= 15 is 0 Å². The van der Waals surface area contributed by atoms with E-state index in [-0.39, 0.29) is 6.04 Å². The minimum absolute atomic E-state index is 0.0942. The Labute approximate surface area is 112 Å². The molecule has 1 saturated heterocycles. The second-order valence-corrected chi connectivity index (χ2v) is 6.21. The highest BCUT2D eigenvalue weighted by molar-refractivity contribution is 9.10. The van der Waals surface area contributed by atoms with Crippen molar-refractivity contribution in [2.24, 2.45) is 17.6 Å². The highest BCUT2D eigenvalue weighted by Crippen LogP contribution is 2.34. The van der Waals surface area contributed by atoms with Crippen LogP contribution in [0.4, 0.5) is 5.69 Å². The third-order valence-electron chi connectivity index (χ3n) is 3.83. The van der Waals surface area contributed by atoms with Crippen LogP contribution in [0, 0.1) is 11.8 Å². The summed E-state index contributed by atoms with van der Waals surface area (Å²) in [6.45, 7) is 8.97. The summed E-state index contributed by atoms with van der Waals surface area (Å²) in [5.74, 6) is 1.55. The van der Waals surface area contributed by atoms with Gasteiger partial charge < -0.3 is 10.6 Å². The Morgan fingerprint density at radius 1 is 1.29 bits per heavy atom. The molecule has 0 bridgehead atoms. The van der Waals surface area contributed by atoms with Crippen LogP contribution < -0.4 is 10.6 Å². The maximum Gasteiger partial charge on any atom is 0.0511 e. The molecule has 3 heteroatoms. The van der Waals surface area contributed by atoms with Crippen LogP contribution in [0.3, 0.4) is 0 Å². The van der Waals surface area contributed by atoms with Crippen LogP contribution >= 0.6 is 15.9 Å². The van der Waals surface area contributed by atoms with Crippen LogP contribution in [0.5, 0.6) is 0 Å². The number of hydrogen-bond donors (Lipinski definition) is 1. The Morgan fingerprint density at radius 2 is 1.88 bits per heavy atom. The molecule has 0 aliphatic carbocycles. The van der Waals surface area contributed by atoms with Gasteiger partial charge in [-0.05, 0) is 52.4 Å². The summed E-state index contributed by atoms with van der Waals surface area (Å²) >= 11 is 3.67. The summed E-state index contributed by atoms with van der Waals surface area (Å²) in [7, 11) is 0. The van der Waals surface area contributed by atoms with Gasteiger partial charge in [-0.1, -0.05) is 19.9 Å². The smallest absolute Gasteiger partial charge is 0.0511 e. The average Bonchev–Trinajstić information content (AvgIpc) is 2.58. The zero-order chi connectivity index (χ0) is 12.6. The highest BCUT2D eigenvalue weighted by Gasteiger charge is 2.27. The maximum absolute atomic E-state index is 5.90. The van der Waals surface area contributed by atoms with Crippen LogP contribution in [0.1, 0.15) is 32.4 Å². The zero-order valence-corrected chi connectivity index (χ0v) is 12.4. The van der Waals surface area contributed by atoms with Crippen molar-refractivity contribution in [2.75, 3.05) is 18.0 Å². The molecule has 2 rings (SSSR count). The fourth-order valence-corrected chi connectivity index (χ4v) is 3.04. The summed E-state index contributed by atoms with van der Waals surface area (Å²) in [6, 6.07) is 6.57. The first-order chi connectivity index (χ1) is 7.99. The third-order valence-corrected chi connectivity index (χ3v) is 4.46. The number of nitrogens with zero attached hydrogens (tertiary/aromatic N) is 1. The lowest BCUT2D eigenvalue weighted by molar-refractivity contribution is 0.494. The van der Waals surface area contributed by atoms with E-state index in [9.17, 15) is 0 Å². The number of halogens is 1. The van der Waals surface area contributed by atoms with E-state index in [1.54, 1.807) is 0 Å². The summed E-state index contributed by atoms with van der Waals surface area (Å²) in [4.78, 5) is 2.46. The quantitative estimate of drug-likeness (QED) is 0.904. The molecular formula is C14H21BrN2. The lowest BCUT2D eigenvalue weighted by atomic mass is 10.0. The SMILES string of the molecule is CC1CN(c2ccc([C@@H](C)N)cc2Br)CC1C. The lowest BCUT2D eigenvalue weighted by Crippen LogP contribution is -2.20. The largest absolute Gasteiger partial charge is 0.370 e. The van der Waals surface area contributed by atoms with Gasteiger partial charge in [-0.25, -0.2) is 0 Å². The predicted molar refractivity (Wildman–Crippen MR) is 77.3 cm³/mol. The molecule has 0 amide bonds. The molecular weight excluding hydrogens is 276 g/mol. The molecule has 1 heterocycles. The van der Waals surface area contributed by atoms with Crippen LogP contribution in [0.25, 0.3) is 0 Å². The Hall–Kier alpha value is -0.540. The summed E-state index contributed by atoms with van der Waals surface area (Å²) < 4.78 is 1.16. The van der Waals surface area contributed by atoms with Gasteiger partial charge in [-0.2, -0.15) is 0 Å². The minimum atomic E-state index is 0.0942. The monoisotopic (exact) mass is 296 g/mol. The van der Waals surface area contributed by atoms with Gasteiger partial charge in [0.2, 0.25) is 0 Å². The van der Waals surface area contributed by atoms with Gasteiger partial charge in [0.1, 0.15) is 0 Å². The predicted octanol–water partition coefficient (Wildman–Crippen LogP) is 3.56. The molecule has 0 spiro atoms. The number of rotatable bonds is 2. The fourth-order valence-electron chi connectivity index (χ4n) is 2.39. The lowest BCUT2D eigenvalue weighted by Gasteiger charge is -2.21. The van der Waals surface area contributed by atoms with Gasteiger partial charge >= 0.3 is 0 Å². The van der Waals surface area contributed by atoms with Crippen LogP contribution in [-0.4, -0.2) is 13.1 Å². The Bertz CT molecular complexity index is 393. The second-order valence-electron chi connectivity index (χ2n) is 5.36. The molecule has 1 aromatic carbocycles. The number of benzene rings is 1. The fraction of sp³-hybridized carbons (Fsp3) is 0.571. The van der Waals surface area contributed by atoms with E-state index in [2.05, 4.69) is 52.9 Å². The first-order valence-corrected chi connectivity index (χ1v) is 7.08. The van der Waals surface area contributed by atoms with Gasteiger partial charge in [-0.3, -0.25) is 0 Å². The summed E-state index contributed by atoms with van der Waals surface area (Å²) in [5.41, 5.74) is 8.37. The van der Waals surface area contributed by atoms with E-state index in [1.807, 2.05) is 6.92 Å². The zero-order valence-electron chi connectivity index (χ0n) is 10.8. The highest BCUT2D eigenvalue weighted by atomic mass is 79.9. The summed E-state index contributed by atoms with van der Waals surface area (Å²) in [6.07, 6.45) is 0. The number of nitrogens with two attached hydrogens (primary N) is 1. The molecule has 2 N–H and O–H groups in total. The number of hydrogen-bond acceptors (Lipinski definition) is 2.